The molecule has 0 aliphatic carbocycles. The lowest BCUT2D eigenvalue weighted by Crippen LogP contribution is -2.02. The van der Waals surface area contributed by atoms with Crippen LogP contribution in [0, 0.1) is 6.07 Å². The molecule has 85 valence electrons. The second-order valence-corrected chi connectivity index (χ2v) is 2.29. The second kappa shape index (κ2) is 6.16. The van der Waals surface area contributed by atoms with Gasteiger partial charge in [-0.3, -0.25) is 0 Å². The molecule has 0 saturated carbocycles. The first kappa shape index (κ1) is 13.6. The molecule has 0 aliphatic rings. The van der Waals surface area contributed by atoms with E-state index in [1.807, 2.05) is 6.07 Å². The lowest BCUT2D eigenvalue weighted by molar-refractivity contribution is 0.368. The molecule has 15 heavy (non-hydrogen) atoms. The third-order valence-corrected chi connectivity index (χ3v) is 1.20. The summed E-state index contributed by atoms with van der Waals surface area (Å²) in [5.41, 5.74) is 0. The van der Waals surface area contributed by atoms with Gasteiger partial charge >= 0.3 is 7.25 Å². The Morgan fingerprint density at radius 3 is 2.07 bits per heavy atom. The minimum absolute atomic E-state index is 0.694. The van der Waals surface area contributed by atoms with Crippen LogP contribution in [0.5, 0.6) is 11.5 Å². The Bertz CT molecular complexity index is 265. The fraction of sp³-hybridized carbons (Fsp3) is 0.250. The van der Waals surface area contributed by atoms with Gasteiger partial charge in [0.15, 0.2) is 0 Å². The maximum absolute atomic E-state index is 9.75. The zero-order valence-corrected chi connectivity index (χ0v) is 8.14. The molecule has 0 atom stereocenters. The molecule has 0 fully saturated rings. The number of hydrogen-bond acceptors (Lipinski definition) is 2. The Morgan fingerprint density at radius 2 is 1.67 bits per heavy atom. The van der Waals surface area contributed by atoms with Crippen LogP contribution < -0.4 is 9.47 Å². The normalized spacial score (nSPS) is 10.0. The number of rotatable bonds is 2. The molecule has 0 aromatic heterocycles. The lowest BCUT2D eigenvalue weighted by Gasteiger charge is -2.00. The Kier molecular flexibility index (Phi) is 5.58. The maximum atomic E-state index is 9.75. The molecule has 1 aromatic rings. The SMILES string of the molecule is COc1[c]ccc(OC)c1.F[B-](F)(F)F. The molecule has 0 bridgehead atoms. The molecule has 1 radical (unpaired) electrons. The van der Waals surface area contributed by atoms with Gasteiger partial charge in [-0.05, 0) is 12.1 Å². The predicted molar refractivity (Wildman–Crippen MR) is 48.6 cm³/mol. The van der Waals surface area contributed by atoms with Crippen LogP contribution in [-0.2, 0) is 0 Å². The topological polar surface area (TPSA) is 18.5 Å². The summed E-state index contributed by atoms with van der Waals surface area (Å²) in [6.07, 6.45) is 0. The monoisotopic (exact) mass is 224 g/mol. The predicted octanol–water partition coefficient (Wildman–Crippen LogP) is 2.80. The van der Waals surface area contributed by atoms with Crippen molar-refractivity contribution in [2.75, 3.05) is 14.2 Å². The largest absolute Gasteiger partial charge is 0.673 e. The minimum atomic E-state index is -6.00. The molecule has 0 unspecified atom stereocenters. The van der Waals surface area contributed by atoms with Crippen LogP contribution >= 0.6 is 0 Å². The highest BCUT2D eigenvalue weighted by molar-refractivity contribution is 6.50. The molecule has 0 amide bonds. The molecule has 0 aliphatic heterocycles. The molecule has 2 nitrogen and oxygen atoms in total. The summed E-state index contributed by atoms with van der Waals surface area (Å²) in [6.45, 7) is 0. The van der Waals surface area contributed by atoms with Crippen molar-refractivity contribution in [3.05, 3.63) is 24.3 Å². The number of methoxy groups -OCH3 is 2. The molecule has 0 N–H and O–H groups in total. The van der Waals surface area contributed by atoms with Gasteiger partial charge in [0.1, 0.15) is 11.5 Å². The van der Waals surface area contributed by atoms with Crippen LogP contribution in [0.2, 0.25) is 0 Å². The number of halogens is 4. The molecule has 7 heteroatoms. The van der Waals surface area contributed by atoms with E-state index in [0.29, 0.717) is 5.75 Å². The average Bonchev–Trinajstić information content (AvgIpc) is 2.15. The molecule has 0 spiro atoms. The van der Waals surface area contributed by atoms with Crippen molar-refractivity contribution in [1.82, 2.24) is 0 Å². The Morgan fingerprint density at radius 1 is 1.13 bits per heavy atom. The van der Waals surface area contributed by atoms with E-state index in [4.69, 9.17) is 9.47 Å². The zero-order chi connectivity index (χ0) is 11.9. The van der Waals surface area contributed by atoms with Gasteiger partial charge in [0.2, 0.25) is 0 Å². The average molecular weight is 224 g/mol. The van der Waals surface area contributed by atoms with Gasteiger partial charge in [0.25, 0.3) is 0 Å². The molecular weight excluding hydrogens is 215 g/mol. The van der Waals surface area contributed by atoms with Crippen molar-refractivity contribution < 1.29 is 26.7 Å². The van der Waals surface area contributed by atoms with Crippen molar-refractivity contribution in [1.29, 1.82) is 0 Å². The summed E-state index contributed by atoms with van der Waals surface area (Å²) in [5.74, 6) is 1.48. The fourth-order valence-electron chi connectivity index (χ4n) is 0.670. The first-order valence-corrected chi connectivity index (χ1v) is 3.84. The van der Waals surface area contributed by atoms with Crippen LogP contribution in [0.25, 0.3) is 0 Å². The van der Waals surface area contributed by atoms with Crippen LogP contribution in [0.1, 0.15) is 0 Å². The standard InChI is InChI=1S/C8H9O2.BF4/c1-9-7-4-3-5-8(6-7)10-2;2-1(3,4)5/h3-4,6H,1-2H3;/q;-1. The van der Waals surface area contributed by atoms with Crippen LogP contribution in [0.4, 0.5) is 17.3 Å². The second-order valence-electron chi connectivity index (χ2n) is 2.29. The number of benzene rings is 1. The van der Waals surface area contributed by atoms with Gasteiger partial charge in [-0.25, -0.2) is 0 Å². The van der Waals surface area contributed by atoms with E-state index in [2.05, 4.69) is 6.07 Å². The first-order valence-electron chi connectivity index (χ1n) is 3.84. The van der Waals surface area contributed by atoms with E-state index in [0.717, 1.165) is 5.75 Å². The summed E-state index contributed by atoms with van der Waals surface area (Å²) in [7, 11) is -2.78. The quantitative estimate of drug-likeness (QED) is 0.567. The van der Waals surface area contributed by atoms with Gasteiger partial charge in [0.05, 0.1) is 14.2 Å². The Balaban J connectivity index is 0.000000336. The van der Waals surface area contributed by atoms with E-state index in [-0.39, 0.29) is 0 Å². The Hall–Kier alpha value is -1.40. The smallest absolute Gasteiger partial charge is 0.497 e. The van der Waals surface area contributed by atoms with Crippen LogP contribution in [0.3, 0.4) is 0 Å². The van der Waals surface area contributed by atoms with Crippen LogP contribution in [0.15, 0.2) is 18.2 Å². The molecule has 0 heterocycles. The number of hydrogen-bond donors (Lipinski definition) is 0. The minimum Gasteiger partial charge on any atom is -0.497 e. The van der Waals surface area contributed by atoms with Crippen molar-refractivity contribution >= 4 is 7.25 Å². The third kappa shape index (κ3) is 8.92. The van der Waals surface area contributed by atoms with Crippen molar-refractivity contribution in [3.63, 3.8) is 0 Å². The van der Waals surface area contributed by atoms with Gasteiger partial charge in [0, 0.05) is 12.1 Å². The maximum Gasteiger partial charge on any atom is 0.673 e. The Labute approximate surface area is 84.9 Å². The van der Waals surface area contributed by atoms with E-state index in [1.165, 1.54) is 0 Å². The van der Waals surface area contributed by atoms with Crippen molar-refractivity contribution in [3.8, 4) is 11.5 Å². The third-order valence-electron chi connectivity index (χ3n) is 1.20. The van der Waals surface area contributed by atoms with E-state index in [9.17, 15) is 17.3 Å². The lowest BCUT2D eigenvalue weighted by atomic mass is 10.3. The van der Waals surface area contributed by atoms with E-state index in [1.54, 1.807) is 26.4 Å². The summed E-state index contributed by atoms with van der Waals surface area (Å²) < 4.78 is 48.9. The van der Waals surface area contributed by atoms with Gasteiger partial charge in [-0.2, -0.15) is 0 Å². The van der Waals surface area contributed by atoms with Crippen molar-refractivity contribution in [2.24, 2.45) is 0 Å². The molecular formula is C8H9BF4O2-. The highest BCUT2D eigenvalue weighted by Crippen LogP contribution is 2.16. The first-order chi connectivity index (χ1) is 6.86. The van der Waals surface area contributed by atoms with Gasteiger partial charge < -0.3 is 26.7 Å². The van der Waals surface area contributed by atoms with Crippen LogP contribution in [-0.4, -0.2) is 21.5 Å². The van der Waals surface area contributed by atoms with Gasteiger partial charge in [-0.1, -0.05) is 0 Å². The molecule has 0 saturated heterocycles. The van der Waals surface area contributed by atoms with Crippen molar-refractivity contribution in [2.45, 2.75) is 0 Å². The number of ether oxygens (including phenoxy) is 2. The highest BCUT2D eigenvalue weighted by Gasteiger charge is 2.20. The van der Waals surface area contributed by atoms with E-state index < -0.39 is 7.25 Å². The fourth-order valence-corrected chi connectivity index (χ4v) is 0.670. The van der Waals surface area contributed by atoms with E-state index >= 15 is 0 Å². The summed E-state index contributed by atoms with van der Waals surface area (Å²) >= 11 is 0. The zero-order valence-electron chi connectivity index (χ0n) is 8.14. The summed E-state index contributed by atoms with van der Waals surface area (Å²) in [4.78, 5) is 0. The highest BCUT2D eigenvalue weighted by atomic mass is 19.5. The van der Waals surface area contributed by atoms with Gasteiger partial charge in [-0.15, -0.1) is 0 Å². The summed E-state index contributed by atoms with van der Waals surface area (Å²) in [6, 6.07) is 8.25. The summed E-state index contributed by atoms with van der Waals surface area (Å²) in [5, 5.41) is 0. The molecule has 1 aromatic carbocycles. The molecule has 1 rings (SSSR count).